The molecule has 1 aliphatic rings. The fourth-order valence-electron chi connectivity index (χ4n) is 4.49. The molecule has 0 saturated carbocycles. The van der Waals surface area contributed by atoms with Crippen molar-refractivity contribution < 1.29 is 19.4 Å². The number of Topliss-reactive ketones (excluding diaryl/α,β-unsaturated/α-hetero) is 1. The summed E-state index contributed by atoms with van der Waals surface area (Å²) in [5.74, 6) is -0.908. The smallest absolute Gasteiger partial charge is 0.295 e. The number of ketones is 1. The van der Waals surface area contributed by atoms with Gasteiger partial charge in [-0.1, -0.05) is 48.0 Å². The lowest BCUT2D eigenvalue weighted by molar-refractivity contribution is -0.139. The Morgan fingerprint density at radius 2 is 1.76 bits per heavy atom. The van der Waals surface area contributed by atoms with Gasteiger partial charge in [-0.25, -0.2) is 0 Å². The zero-order chi connectivity index (χ0) is 26.5. The average molecular weight is 519 g/mol. The molecule has 0 aromatic heterocycles. The molecule has 1 saturated heterocycles. The van der Waals surface area contributed by atoms with Gasteiger partial charge in [-0.2, -0.15) is 0 Å². The molecular weight excluding hydrogens is 488 g/mol. The van der Waals surface area contributed by atoms with Crippen LogP contribution >= 0.6 is 11.6 Å². The molecule has 1 fully saturated rings. The van der Waals surface area contributed by atoms with Crippen LogP contribution in [0.4, 0.5) is 0 Å². The number of hydrogen-bond acceptors (Lipinski definition) is 5. The molecule has 4 rings (SSSR count). The minimum absolute atomic E-state index is 0.0608. The van der Waals surface area contributed by atoms with Crippen LogP contribution in [0.2, 0.25) is 5.02 Å². The van der Waals surface area contributed by atoms with Gasteiger partial charge < -0.3 is 19.6 Å². The quantitative estimate of drug-likeness (QED) is 0.227. The third kappa shape index (κ3) is 6.04. The van der Waals surface area contributed by atoms with Crippen molar-refractivity contribution in [2.45, 2.75) is 26.0 Å². The Hall–Kier alpha value is -3.61. The predicted molar refractivity (Wildman–Crippen MR) is 146 cm³/mol. The van der Waals surface area contributed by atoms with E-state index in [1.54, 1.807) is 42.5 Å². The van der Waals surface area contributed by atoms with E-state index >= 15 is 0 Å². The van der Waals surface area contributed by atoms with Gasteiger partial charge in [-0.3, -0.25) is 9.59 Å². The van der Waals surface area contributed by atoms with Crippen LogP contribution < -0.4 is 4.74 Å². The molecule has 1 heterocycles. The summed E-state index contributed by atoms with van der Waals surface area (Å²) >= 11 is 6.25. The molecule has 1 amide bonds. The fraction of sp³-hybridized carbons (Fsp3) is 0.267. The lowest BCUT2D eigenvalue weighted by Crippen LogP contribution is -2.32. The molecule has 3 aromatic rings. The number of carbonyl (C=O) groups excluding carboxylic acids is 2. The molecular formula is C30H31ClN2O4. The van der Waals surface area contributed by atoms with Crippen LogP contribution in [0.5, 0.6) is 5.75 Å². The molecule has 1 atom stereocenters. The predicted octanol–water partition coefficient (Wildman–Crippen LogP) is 5.60. The zero-order valence-corrected chi connectivity index (χ0v) is 22.0. The van der Waals surface area contributed by atoms with Gasteiger partial charge in [0.15, 0.2) is 0 Å². The zero-order valence-electron chi connectivity index (χ0n) is 21.3. The van der Waals surface area contributed by atoms with Gasteiger partial charge in [0.25, 0.3) is 11.7 Å². The number of ether oxygens (including phenoxy) is 1. The highest BCUT2D eigenvalue weighted by Crippen LogP contribution is 2.40. The van der Waals surface area contributed by atoms with Crippen molar-refractivity contribution >= 4 is 29.1 Å². The van der Waals surface area contributed by atoms with E-state index in [2.05, 4.69) is 0 Å². The highest BCUT2D eigenvalue weighted by molar-refractivity contribution is 6.46. The van der Waals surface area contributed by atoms with Gasteiger partial charge in [-0.05, 0) is 87.1 Å². The van der Waals surface area contributed by atoms with Gasteiger partial charge in [-0.15, -0.1) is 0 Å². The number of aryl methyl sites for hydroxylation is 1. The number of nitrogens with zero attached hydrogens (tertiary/aromatic N) is 2. The SMILES string of the molecule is Cc1ccccc1COc1ccc(C(O)=C2C(=O)C(=O)N(CCCN(C)C)C2c2cccc(Cl)c2)cc1. The molecule has 1 unspecified atom stereocenters. The number of aliphatic hydroxyl groups is 1. The summed E-state index contributed by atoms with van der Waals surface area (Å²) in [4.78, 5) is 29.8. The molecule has 0 bridgehead atoms. The first kappa shape index (κ1) is 26.5. The van der Waals surface area contributed by atoms with Crippen LogP contribution in [-0.4, -0.2) is 53.8 Å². The number of rotatable bonds is 9. The topological polar surface area (TPSA) is 70.1 Å². The van der Waals surface area contributed by atoms with Crippen molar-refractivity contribution in [1.29, 1.82) is 0 Å². The third-order valence-corrected chi connectivity index (χ3v) is 6.73. The molecule has 1 N–H and O–H groups in total. The number of carbonyl (C=O) groups is 2. The van der Waals surface area contributed by atoms with Crippen LogP contribution in [0.3, 0.4) is 0 Å². The van der Waals surface area contributed by atoms with Crippen LogP contribution in [0.1, 0.15) is 34.7 Å². The number of aliphatic hydroxyl groups excluding tert-OH is 1. The Morgan fingerprint density at radius 1 is 1.03 bits per heavy atom. The first-order valence-electron chi connectivity index (χ1n) is 12.2. The third-order valence-electron chi connectivity index (χ3n) is 6.49. The number of halogens is 1. The van der Waals surface area contributed by atoms with Gasteiger partial charge >= 0.3 is 0 Å². The van der Waals surface area contributed by atoms with E-state index in [-0.39, 0.29) is 11.3 Å². The van der Waals surface area contributed by atoms with E-state index in [1.165, 1.54) is 4.90 Å². The van der Waals surface area contributed by atoms with Crippen molar-refractivity contribution in [3.05, 3.63) is 106 Å². The fourth-order valence-corrected chi connectivity index (χ4v) is 4.69. The first-order chi connectivity index (χ1) is 17.8. The van der Waals surface area contributed by atoms with Crippen LogP contribution in [0, 0.1) is 6.92 Å². The lowest BCUT2D eigenvalue weighted by Gasteiger charge is -2.26. The molecule has 1 aliphatic heterocycles. The summed E-state index contributed by atoms with van der Waals surface area (Å²) in [6.07, 6.45) is 0.685. The molecule has 0 spiro atoms. The minimum Gasteiger partial charge on any atom is -0.507 e. The lowest BCUT2D eigenvalue weighted by atomic mass is 9.95. The van der Waals surface area contributed by atoms with Crippen LogP contribution in [-0.2, 0) is 16.2 Å². The second-order valence-corrected chi connectivity index (χ2v) is 9.88. The summed E-state index contributed by atoms with van der Waals surface area (Å²) in [7, 11) is 3.91. The van der Waals surface area contributed by atoms with Crippen molar-refractivity contribution in [2.24, 2.45) is 0 Å². The molecule has 6 nitrogen and oxygen atoms in total. The monoisotopic (exact) mass is 518 g/mol. The second-order valence-electron chi connectivity index (χ2n) is 9.44. The Kier molecular flexibility index (Phi) is 8.31. The molecule has 0 radical (unpaired) electrons. The van der Waals surface area contributed by atoms with Gasteiger partial charge in [0.2, 0.25) is 0 Å². The van der Waals surface area contributed by atoms with E-state index in [4.69, 9.17) is 16.3 Å². The van der Waals surface area contributed by atoms with E-state index in [1.807, 2.05) is 56.3 Å². The normalized spacial score (nSPS) is 17.0. The minimum atomic E-state index is -0.724. The van der Waals surface area contributed by atoms with E-state index in [9.17, 15) is 14.7 Å². The number of hydrogen-bond donors (Lipinski definition) is 1. The second kappa shape index (κ2) is 11.6. The Bertz CT molecular complexity index is 1320. The van der Waals surface area contributed by atoms with Crippen molar-refractivity contribution in [2.75, 3.05) is 27.2 Å². The summed E-state index contributed by atoms with van der Waals surface area (Å²) in [6, 6.07) is 21.2. The van der Waals surface area contributed by atoms with Crippen LogP contribution in [0.25, 0.3) is 5.76 Å². The number of likely N-dealkylation sites (tertiary alicyclic amines) is 1. The molecule has 7 heteroatoms. The van der Waals surface area contributed by atoms with Crippen molar-refractivity contribution in [3.63, 3.8) is 0 Å². The molecule has 0 aliphatic carbocycles. The first-order valence-corrected chi connectivity index (χ1v) is 12.6. The van der Waals surface area contributed by atoms with Crippen molar-refractivity contribution in [1.82, 2.24) is 9.80 Å². The summed E-state index contributed by atoms with van der Waals surface area (Å²) in [6.45, 7) is 3.59. The maximum atomic E-state index is 13.2. The van der Waals surface area contributed by atoms with Gasteiger partial charge in [0.1, 0.15) is 18.1 Å². The highest BCUT2D eigenvalue weighted by atomic mass is 35.5. The van der Waals surface area contributed by atoms with Gasteiger partial charge in [0, 0.05) is 17.1 Å². The molecule has 3 aromatic carbocycles. The summed E-state index contributed by atoms with van der Waals surface area (Å²) in [5, 5.41) is 11.8. The Labute approximate surface area is 222 Å². The Balaban J connectivity index is 1.63. The van der Waals surface area contributed by atoms with E-state index < -0.39 is 17.7 Å². The molecule has 192 valence electrons. The number of benzene rings is 3. The average Bonchev–Trinajstić information content (AvgIpc) is 3.13. The van der Waals surface area contributed by atoms with E-state index in [0.29, 0.717) is 41.5 Å². The maximum Gasteiger partial charge on any atom is 0.295 e. The standard InChI is InChI=1S/C30H31ClN2O4/c1-20-8-4-5-9-23(20)19-37-25-14-12-21(13-15-25)28(34)26-27(22-10-6-11-24(31)18-22)33(30(36)29(26)35)17-7-16-32(2)3/h4-6,8-15,18,27,34H,7,16-17,19H2,1-3H3. The summed E-state index contributed by atoms with van der Waals surface area (Å²) in [5.41, 5.74) is 3.40. The van der Waals surface area contributed by atoms with Crippen molar-refractivity contribution in [3.8, 4) is 5.75 Å². The van der Waals surface area contributed by atoms with E-state index in [0.717, 1.165) is 17.7 Å². The largest absolute Gasteiger partial charge is 0.507 e. The number of amides is 1. The van der Waals surface area contributed by atoms with Crippen LogP contribution in [0.15, 0.2) is 78.4 Å². The molecule has 37 heavy (non-hydrogen) atoms. The van der Waals surface area contributed by atoms with Gasteiger partial charge in [0.05, 0.1) is 11.6 Å². The maximum absolute atomic E-state index is 13.2. The Morgan fingerprint density at radius 3 is 2.43 bits per heavy atom. The summed E-state index contributed by atoms with van der Waals surface area (Å²) < 4.78 is 5.91. The highest BCUT2D eigenvalue weighted by Gasteiger charge is 2.45.